The standard InChI is InChI=1S/C10H5N3S/c1-6-3-7(4-11)10-9(8(6)12-2)13-5-14-10/h3,5H,1H3. The van der Waals surface area contributed by atoms with Crippen LogP contribution in [0.15, 0.2) is 11.6 Å². The van der Waals surface area contributed by atoms with Crippen molar-refractivity contribution in [2.45, 2.75) is 6.92 Å². The summed E-state index contributed by atoms with van der Waals surface area (Å²) >= 11 is 1.40. The van der Waals surface area contributed by atoms with Crippen molar-refractivity contribution in [3.8, 4) is 6.07 Å². The van der Waals surface area contributed by atoms with Crippen LogP contribution in [0.5, 0.6) is 0 Å². The number of aryl methyl sites for hydroxylation is 1. The minimum Gasteiger partial charge on any atom is -0.256 e. The Bertz CT molecular complexity index is 584. The molecular weight excluding hydrogens is 194 g/mol. The zero-order valence-electron chi connectivity index (χ0n) is 7.40. The molecule has 66 valence electrons. The SMILES string of the molecule is [C-]#[N+]c1c(C)cc(C#N)c2scnc12. The molecule has 0 saturated carbocycles. The largest absolute Gasteiger partial charge is 0.256 e. The number of fused-ring (bicyclic) bond motifs is 1. The molecule has 1 heterocycles. The molecular formula is C10H5N3S. The van der Waals surface area contributed by atoms with Crippen LogP contribution in [0, 0.1) is 24.8 Å². The summed E-state index contributed by atoms with van der Waals surface area (Å²) in [6, 6.07) is 3.86. The second-order valence-electron chi connectivity index (χ2n) is 2.84. The molecule has 0 unspecified atom stereocenters. The van der Waals surface area contributed by atoms with Crippen molar-refractivity contribution in [3.63, 3.8) is 0 Å². The third kappa shape index (κ3) is 1.06. The van der Waals surface area contributed by atoms with Crippen molar-refractivity contribution in [2.24, 2.45) is 0 Å². The van der Waals surface area contributed by atoms with Gasteiger partial charge in [-0.1, -0.05) is 6.07 Å². The van der Waals surface area contributed by atoms with Gasteiger partial charge in [-0.25, -0.2) is 4.85 Å². The van der Waals surface area contributed by atoms with E-state index in [2.05, 4.69) is 15.9 Å². The highest BCUT2D eigenvalue weighted by Gasteiger charge is 2.11. The van der Waals surface area contributed by atoms with E-state index in [4.69, 9.17) is 11.8 Å². The molecule has 0 radical (unpaired) electrons. The van der Waals surface area contributed by atoms with Gasteiger partial charge in [0.05, 0.1) is 27.9 Å². The molecule has 0 N–H and O–H groups in total. The van der Waals surface area contributed by atoms with Gasteiger partial charge in [0.1, 0.15) is 6.07 Å². The number of aromatic nitrogens is 1. The Morgan fingerprint density at radius 3 is 3.07 bits per heavy atom. The highest BCUT2D eigenvalue weighted by Crippen LogP contribution is 2.33. The molecule has 2 aromatic rings. The maximum Gasteiger partial charge on any atom is 0.216 e. The molecule has 0 amide bonds. The normalized spacial score (nSPS) is 9.64. The van der Waals surface area contributed by atoms with Gasteiger partial charge in [0, 0.05) is 0 Å². The van der Waals surface area contributed by atoms with Crippen molar-refractivity contribution in [3.05, 3.63) is 34.1 Å². The fourth-order valence-electron chi connectivity index (χ4n) is 1.37. The number of nitriles is 1. The zero-order valence-corrected chi connectivity index (χ0v) is 8.22. The zero-order chi connectivity index (χ0) is 10.1. The quantitative estimate of drug-likeness (QED) is 0.612. The molecule has 1 aromatic heterocycles. The number of rotatable bonds is 0. The maximum absolute atomic E-state index is 8.89. The lowest BCUT2D eigenvalue weighted by Gasteiger charge is -1.99. The Morgan fingerprint density at radius 1 is 1.64 bits per heavy atom. The van der Waals surface area contributed by atoms with Crippen molar-refractivity contribution < 1.29 is 0 Å². The van der Waals surface area contributed by atoms with E-state index < -0.39 is 0 Å². The Kier molecular flexibility index (Phi) is 1.92. The first-order chi connectivity index (χ1) is 6.77. The fraction of sp³-hybridized carbons (Fsp3) is 0.100. The summed E-state index contributed by atoms with van der Waals surface area (Å²) < 4.78 is 0.809. The van der Waals surface area contributed by atoms with Crippen molar-refractivity contribution >= 4 is 27.2 Å². The average Bonchev–Trinajstić information content (AvgIpc) is 2.65. The molecule has 0 spiro atoms. The topological polar surface area (TPSA) is 41.0 Å². The van der Waals surface area contributed by atoms with E-state index in [9.17, 15) is 0 Å². The second-order valence-corrected chi connectivity index (χ2v) is 3.70. The molecule has 0 bridgehead atoms. The minimum absolute atomic E-state index is 0.556. The maximum atomic E-state index is 8.89. The molecule has 2 rings (SSSR count). The van der Waals surface area contributed by atoms with Gasteiger partial charge in [0.15, 0.2) is 0 Å². The molecule has 0 aliphatic carbocycles. The second kappa shape index (κ2) is 3.10. The van der Waals surface area contributed by atoms with Crippen LogP contribution in [0.3, 0.4) is 0 Å². The van der Waals surface area contributed by atoms with E-state index in [1.165, 1.54) is 11.3 Å². The van der Waals surface area contributed by atoms with Gasteiger partial charge in [0.2, 0.25) is 5.69 Å². The first-order valence-corrected chi connectivity index (χ1v) is 4.80. The van der Waals surface area contributed by atoms with Crippen molar-refractivity contribution in [1.82, 2.24) is 4.98 Å². The van der Waals surface area contributed by atoms with Gasteiger partial charge >= 0.3 is 0 Å². The van der Waals surface area contributed by atoms with Gasteiger partial charge in [-0.15, -0.1) is 11.3 Å². The van der Waals surface area contributed by atoms with E-state index in [1.807, 2.05) is 6.92 Å². The van der Waals surface area contributed by atoms with Gasteiger partial charge in [-0.2, -0.15) is 5.26 Å². The van der Waals surface area contributed by atoms with E-state index in [0.717, 1.165) is 10.3 Å². The van der Waals surface area contributed by atoms with Gasteiger partial charge in [0.25, 0.3) is 0 Å². The summed E-state index contributed by atoms with van der Waals surface area (Å²) in [7, 11) is 0. The van der Waals surface area contributed by atoms with Crippen molar-refractivity contribution in [1.29, 1.82) is 5.26 Å². The van der Waals surface area contributed by atoms with E-state index in [0.29, 0.717) is 16.8 Å². The predicted octanol–water partition coefficient (Wildman–Crippen LogP) is 3.03. The van der Waals surface area contributed by atoms with Gasteiger partial charge in [-0.05, 0) is 12.5 Å². The average molecular weight is 199 g/mol. The molecule has 3 nitrogen and oxygen atoms in total. The van der Waals surface area contributed by atoms with Crippen LogP contribution in [-0.2, 0) is 0 Å². The van der Waals surface area contributed by atoms with Crippen LogP contribution >= 0.6 is 11.3 Å². The van der Waals surface area contributed by atoms with E-state index in [1.54, 1.807) is 11.6 Å². The van der Waals surface area contributed by atoms with Gasteiger partial charge < -0.3 is 0 Å². The number of benzene rings is 1. The summed E-state index contributed by atoms with van der Waals surface area (Å²) in [5.41, 5.74) is 4.30. The van der Waals surface area contributed by atoms with Crippen LogP contribution in [0.1, 0.15) is 11.1 Å². The van der Waals surface area contributed by atoms with Crippen molar-refractivity contribution in [2.75, 3.05) is 0 Å². The molecule has 1 aromatic carbocycles. The number of hydrogen-bond donors (Lipinski definition) is 0. The van der Waals surface area contributed by atoms with Crippen LogP contribution in [0.25, 0.3) is 15.1 Å². The summed E-state index contributed by atoms with van der Waals surface area (Å²) in [4.78, 5) is 7.54. The highest BCUT2D eigenvalue weighted by molar-refractivity contribution is 7.17. The molecule has 14 heavy (non-hydrogen) atoms. The van der Waals surface area contributed by atoms with Gasteiger partial charge in [-0.3, -0.25) is 4.98 Å². The third-order valence-corrected chi connectivity index (χ3v) is 2.86. The number of nitrogens with zero attached hydrogens (tertiary/aromatic N) is 3. The summed E-state index contributed by atoms with van der Waals surface area (Å²) in [5.74, 6) is 0. The fourth-order valence-corrected chi connectivity index (χ4v) is 2.12. The molecule has 0 atom stereocenters. The Balaban J connectivity index is 3.00. The first-order valence-electron chi connectivity index (χ1n) is 3.92. The van der Waals surface area contributed by atoms with E-state index in [-0.39, 0.29) is 0 Å². The minimum atomic E-state index is 0.556. The van der Waals surface area contributed by atoms with Crippen LogP contribution < -0.4 is 0 Å². The summed E-state index contributed by atoms with van der Waals surface area (Å²) in [6.07, 6.45) is 0. The Labute approximate surface area is 85.1 Å². The van der Waals surface area contributed by atoms with Crippen LogP contribution in [0.2, 0.25) is 0 Å². The van der Waals surface area contributed by atoms with Crippen LogP contribution in [-0.4, -0.2) is 4.98 Å². The lowest BCUT2D eigenvalue weighted by atomic mass is 10.1. The molecule has 0 aliphatic heterocycles. The highest BCUT2D eigenvalue weighted by atomic mass is 32.1. The molecule has 4 heteroatoms. The molecule has 0 aliphatic rings. The number of thiazole rings is 1. The monoisotopic (exact) mass is 199 g/mol. The smallest absolute Gasteiger partial charge is 0.216 e. The van der Waals surface area contributed by atoms with Crippen LogP contribution in [0.4, 0.5) is 5.69 Å². The van der Waals surface area contributed by atoms with E-state index >= 15 is 0 Å². The lowest BCUT2D eigenvalue weighted by molar-refractivity contribution is 1.43. The lowest BCUT2D eigenvalue weighted by Crippen LogP contribution is -1.80. The number of hydrogen-bond acceptors (Lipinski definition) is 3. The molecule has 0 fully saturated rings. The Morgan fingerprint density at radius 2 is 2.43 bits per heavy atom. The predicted molar refractivity (Wildman–Crippen MR) is 55.3 cm³/mol. The third-order valence-electron chi connectivity index (χ3n) is 2.00. The summed E-state index contributed by atoms with van der Waals surface area (Å²) in [6.45, 7) is 8.87. The molecule has 0 saturated heterocycles. The first kappa shape index (κ1) is 8.68. The Hall–Kier alpha value is -1.91. The summed E-state index contributed by atoms with van der Waals surface area (Å²) in [5, 5.41) is 8.89.